The van der Waals surface area contributed by atoms with Gasteiger partial charge in [0.1, 0.15) is 0 Å². The lowest BCUT2D eigenvalue weighted by Gasteiger charge is -2.08. The number of hydrogen-bond donors (Lipinski definition) is 2. The van der Waals surface area contributed by atoms with E-state index in [1.165, 1.54) is 0 Å². The van der Waals surface area contributed by atoms with E-state index in [0.717, 1.165) is 5.56 Å². The maximum Gasteiger partial charge on any atom is 0.257 e. The molecule has 2 rings (SSSR count). The summed E-state index contributed by atoms with van der Waals surface area (Å²) in [5, 5.41) is 12.1. The standard InChI is InChI=1S/C14H11BrClNO2/c15-12-3-1-2-11(13(12)16)14(19)17-10-6-4-9(8-18)5-7-10/h1-7,18H,8H2,(H,17,19). The normalized spacial score (nSPS) is 10.3. The van der Waals surface area contributed by atoms with Crippen molar-refractivity contribution in [2.24, 2.45) is 0 Å². The number of nitrogens with one attached hydrogen (secondary N) is 1. The Bertz CT molecular complexity index is 599. The summed E-state index contributed by atoms with van der Waals surface area (Å²) in [7, 11) is 0. The number of aliphatic hydroxyl groups is 1. The summed E-state index contributed by atoms with van der Waals surface area (Å²) in [5.74, 6) is -0.275. The monoisotopic (exact) mass is 339 g/mol. The predicted octanol–water partition coefficient (Wildman–Crippen LogP) is 3.85. The summed E-state index contributed by atoms with van der Waals surface area (Å²) in [6.45, 7) is -0.0221. The first-order valence-corrected chi connectivity index (χ1v) is 6.74. The van der Waals surface area contributed by atoms with Crippen LogP contribution in [0, 0.1) is 0 Å². The van der Waals surface area contributed by atoms with Crippen molar-refractivity contribution in [3.8, 4) is 0 Å². The van der Waals surface area contributed by atoms with E-state index in [4.69, 9.17) is 16.7 Å². The largest absolute Gasteiger partial charge is 0.392 e. The molecule has 0 fully saturated rings. The maximum absolute atomic E-state index is 12.1. The molecule has 0 aliphatic heterocycles. The van der Waals surface area contributed by atoms with Crippen LogP contribution in [0.25, 0.3) is 0 Å². The van der Waals surface area contributed by atoms with Crippen LogP contribution < -0.4 is 5.32 Å². The quantitative estimate of drug-likeness (QED) is 0.891. The highest BCUT2D eigenvalue weighted by molar-refractivity contribution is 9.10. The van der Waals surface area contributed by atoms with Crippen molar-refractivity contribution in [1.82, 2.24) is 0 Å². The van der Waals surface area contributed by atoms with Crippen LogP contribution in [0.3, 0.4) is 0 Å². The van der Waals surface area contributed by atoms with E-state index < -0.39 is 0 Å². The highest BCUT2D eigenvalue weighted by Gasteiger charge is 2.12. The molecule has 2 aromatic rings. The van der Waals surface area contributed by atoms with E-state index in [2.05, 4.69) is 21.2 Å². The van der Waals surface area contributed by atoms with E-state index in [1.807, 2.05) is 0 Å². The fraction of sp³-hybridized carbons (Fsp3) is 0.0714. The predicted molar refractivity (Wildman–Crippen MR) is 79.5 cm³/mol. The molecule has 98 valence electrons. The molecule has 0 saturated carbocycles. The second-order valence-corrected chi connectivity index (χ2v) is 5.14. The first-order valence-electron chi connectivity index (χ1n) is 5.57. The summed E-state index contributed by atoms with van der Waals surface area (Å²) < 4.78 is 0.678. The van der Waals surface area contributed by atoms with E-state index in [0.29, 0.717) is 20.7 Å². The second-order valence-electron chi connectivity index (χ2n) is 3.91. The molecule has 5 heteroatoms. The number of anilines is 1. The minimum Gasteiger partial charge on any atom is -0.392 e. The fourth-order valence-corrected chi connectivity index (χ4v) is 2.15. The zero-order chi connectivity index (χ0) is 13.8. The zero-order valence-corrected chi connectivity index (χ0v) is 12.2. The van der Waals surface area contributed by atoms with Gasteiger partial charge in [0.2, 0.25) is 0 Å². The third kappa shape index (κ3) is 3.35. The highest BCUT2D eigenvalue weighted by atomic mass is 79.9. The van der Waals surface area contributed by atoms with Gasteiger partial charge in [-0.1, -0.05) is 29.8 Å². The lowest BCUT2D eigenvalue weighted by molar-refractivity contribution is 0.102. The number of benzene rings is 2. The lowest BCUT2D eigenvalue weighted by atomic mass is 10.2. The summed E-state index contributed by atoms with van der Waals surface area (Å²) in [5.41, 5.74) is 1.85. The van der Waals surface area contributed by atoms with Crippen molar-refractivity contribution in [3.63, 3.8) is 0 Å². The van der Waals surface area contributed by atoms with Crippen molar-refractivity contribution in [3.05, 3.63) is 63.1 Å². The molecule has 1 amide bonds. The van der Waals surface area contributed by atoms with Gasteiger partial charge >= 0.3 is 0 Å². The molecule has 3 nitrogen and oxygen atoms in total. The lowest BCUT2D eigenvalue weighted by Crippen LogP contribution is -2.12. The van der Waals surface area contributed by atoms with Gasteiger partial charge in [-0.05, 0) is 45.8 Å². The number of carbonyl (C=O) groups is 1. The molecular weight excluding hydrogens is 330 g/mol. The van der Waals surface area contributed by atoms with Gasteiger partial charge in [0.25, 0.3) is 5.91 Å². The van der Waals surface area contributed by atoms with Gasteiger partial charge in [-0.2, -0.15) is 0 Å². The molecule has 2 N–H and O–H groups in total. The first kappa shape index (κ1) is 14.1. The van der Waals surface area contributed by atoms with E-state index in [9.17, 15) is 4.79 Å². The van der Waals surface area contributed by atoms with Crippen molar-refractivity contribution in [1.29, 1.82) is 0 Å². The number of carbonyl (C=O) groups excluding carboxylic acids is 1. The summed E-state index contributed by atoms with van der Waals surface area (Å²) in [6, 6.07) is 12.1. The third-order valence-electron chi connectivity index (χ3n) is 2.59. The van der Waals surface area contributed by atoms with Crippen LogP contribution in [-0.2, 0) is 6.61 Å². The molecule has 0 aliphatic rings. The van der Waals surface area contributed by atoms with Crippen LogP contribution in [0.1, 0.15) is 15.9 Å². The molecule has 0 atom stereocenters. The van der Waals surface area contributed by atoms with Crippen LogP contribution >= 0.6 is 27.5 Å². The Morgan fingerprint density at radius 1 is 1.21 bits per heavy atom. The minimum atomic E-state index is -0.275. The van der Waals surface area contributed by atoms with E-state index >= 15 is 0 Å². The number of hydrogen-bond acceptors (Lipinski definition) is 2. The number of amides is 1. The van der Waals surface area contributed by atoms with Gasteiger partial charge in [0.15, 0.2) is 0 Å². The Hall–Kier alpha value is -1.36. The van der Waals surface area contributed by atoms with Crippen molar-refractivity contribution >= 4 is 39.1 Å². The van der Waals surface area contributed by atoms with Crippen molar-refractivity contribution in [2.75, 3.05) is 5.32 Å². The smallest absolute Gasteiger partial charge is 0.257 e. The van der Waals surface area contributed by atoms with Crippen LogP contribution in [0.5, 0.6) is 0 Å². The Morgan fingerprint density at radius 3 is 2.53 bits per heavy atom. The summed E-state index contributed by atoms with van der Waals surface area (Å²) in [4.78, 5) is 12.1. The molecule has 0 bridgehead atoms. The van der Waals surface area contributed by atoms with Crippen LogP contribution in [0.4, 0.5) is 5.69 Å². The van der Waals surface area contributed by atoms with Gasteiger partial charge in [-0.3, -0.25) is 4.79 Å². The molecule has 2 aromatic carbocycles. The highest BCUT2D eigenvalue weighted by Crippen LogP contribution is 2.26. The van der Waals surface area contributed by atoms with E-state index in [-0.39, 0.29) is 12.5 Å². The molecule has 0 spiro atoms. The number of aliphatic hydroxyl groups excluding tert-OH is 1. The Balaban J connectivity index is 2.18. The second kappa shape index (κ2) is 6.19. The van der Waals surface area contributed by atoms with Crippen LogP contribution in [0.2, 0.25) is 5.02 Å². The Kier molecular flexibility index (Phi) is 4.58. The topological polar surface area (TPSA) is 49.3 Å². The molecule has 0 unspecified atom stereocenters. The van der Waals surface area contributed by atoms with Crippen molar-refractivity contribution in [2.45, 2.75) is 6.61 Å². The van der Waals surface area contributed by atoms with Crippen molar-refractivity contribution < 1.29 is 9.90 Å². The average Bonchev–Trinajstić information content (AvgIpc) is 2.42. The van der Waals surface area contributed by atoms with Crippen LogP contribution in [-0.4, -0.2) is 11.0 Å². The number of halogens is 2. The molecule has 0 saturated heterocycles. The fourth-order valence-electron chi connectivity index (χ4n) is 1.57. The molecule has 0 heterocycles. The summed E-state index contributed by atoms with van der Waals surface area (Å²) in [6.07, 6.45) is 0. The molecule has 0 aromatic heterocycles. The SMILES string of the molecule is O=C(Nc1ccc(CO)cc1)c1cccc(Br)c1Cl. The summed E-state index contributed by atoms with van der Waals surface area (Å²) >= 11 is 9.34. The van der Waals surface area contributed by atoms with Gasteiger partial charge < -0.3 is 10.4 Å². The Morgan fingerprint density at radius 2 is 1.89 bits per heavy atom. The van der Waals surface area contributed by atoms with Crippen LogP contribution in [0.15, 0.2) is 46.9 Å². The molecule has 0 aliphatic carbocycles. The Labute approximate surface area is 124 Å². The average molecular weight is 341 g/mol. The van der Waals surface area contributed by atoms with Gasteiger partial charge in [0.05, 0.1) is 17.2 Å². The molecule has 19 heavy (non-hydrogen) atoms. The maximum atomic E-state index is 12.1. The number of rotatable bonds is 3. The molecular formula is C14H11BrClNO2. The third-order valence-corrected chi connectivity index (χ3v) is 3.89. The van der Waals surface area contributed by atoms with E-state index in [1.54, 1.807) is 42.5 Å². The molecule has 0 radical (unpaired) electrons. The van der Waals surface area contributed by atoms with Gasteiger partial charge in [-0.25, -0.2) is 0 Å². The van der Waals surface area contributed by atoms with Gasteiger partial charge in [-0.15, -0.1) is 0 Å². The van der Waals surface area contributed by atoms with Gasteiger partial charge in [0, 0.05) is 10.2 Å². The first-order chi connectivity index (χ1) is 9.11. The zero-order valence-electron chi connectivity index (χ0n) is 9.86. The minimum absolute atomic E-state index is 0.0221.